The number of benzene rings is 2. The first-order chi connectivity index (χ1) is 30.6. The molecule has 4 aromatic rings. The van der Waals surface area contributed by atoms with Gasteiger partial charge >= 0.3 is 17.9 Å². The Kier molecular flexibility index (Phi) is 12.9. The van der Waals surface area contributed by atoms with Gasteiger partial charge in [-0.1, -0.05) is 88.4 Å². The number of nitrogens with zero attached hydrogens (tertiary/aromatic N) is 4. The molecule has 0 amide bonds. The lowest BCUT2D eigenvalue weighted by Crippen LogP contribution is -2.52. The molecule has 2 aliphatic carbocycles. The molecule has 4 heterocycles. The van der Waals surface area contributed by atoms with Crippen molar-refractivity contribution in [3.05, 3.63) is 120 Å². The smallest absolute Gasteiger partial charge is 0.324 e. The molecule has 11 nitrogen and oxygen atoms in total. The van der Waals surface area contributed by atoms with Crippen LogP contribution in [0, 0.1) is 80.8 Å². The van der Waals surface area contributed by atoms with E-state index in [1.165, 1.54) is 6.92 Å². The zero-order valence-corrected chi connectivity index (χ0v) is 37.3. The fraction of sp³-hybridized carbons (Fsp3) is 0.396. The number of aliphatic carboxylic acids is 1. The van der Waals surface area contributed by atoms with Gasteiger partial charge in [0, 0.05) is 46.5 Å². The zero-order valence-electron chi connectivity index (χ0n) is 37.3. The number of pyridine rings is 2. The first-order valence-corrected chi connectivity index (χ1v) is 22.0. The van der Waals surface area contributed by atoms with Gasteiger partial charge in [0.05, 0.1) is 34.7 Å². The van der Waals surface area contributed by atoms with Gasteiger partial charge in [-0.05, 0) is 106 Å². The molecule has 0 unspecified atom stereocenters. The Balaban J connectivity index is 0.000000191. The van der Waals surface area contributed by atoms with Crippen LogP contribution in [-0.4, -0.2) is 51.0 Å². The fourth-order valence-corrected chi connectivity index (χ4v) is 11.1. The van der Waals surface area contributed by atoms with Crippen LogP contribution in [0.5, 0.6) is 0 Å². The second kappa shape index (κ2) is 18.2. The number of carbonyl (C=O) groups is 4. The van der Waals surface area contributed by atoms with Gasteiger partial charge in [-0.15, -0.1) is 0 Å². The van der Waals surface area contributed by atoms with E-state index in [-0.39, 0.29) is 53.4 Å². The SMILES string of the molecule is CC(=O)[C@@]12C[C@H](C)[C@@H](C)[C@H](/C=C/c3ccc(-c4ccccc4C#N)cn3)[C@@H]1[C@@H](C)OC2=O.C[C@H]1[C@H](/C=C/c2ccc(-c3ccccc3C#N)cn2)[C@@H]2[C@@H](C)OC(=O)[C@]2(C(=O)O)C[C@@H]1C. The van der Waals surface area contributed by atoms with Crippen molar-refractivity contribution in [3.8, 4) is 34.4 Å². The number of ketones is 1. The molecule has 328 valence electrons. The normalized spacial score (nSPS) is 31.7. The maximum absolute atomic E-state index is 12.8. The molecule has 11 heteroatoms. The Morgan fingerprint density at radius 3 is 1.45 bits per heavy atom. The molecule has 4 aliphatic rings. The summed E-state index contributed by atoms with van der Waals surface area (Å²) in [6, 6.07) is 26.9. The van der Waals surface area contributed by atoms with Crippen molar-refractivity contribution in [2.45, 2.75) is 73.5 Å². The summed E-state index contributed by atoms with van der Waals surface area (Å²) >= 11 is 0. The van der Waals surface area contributed by atoms with Crippen molar-refractivity contribution in [1.82, 2.24) is 9.97 Å². The van der Waals surface area contributed by atoms with Gasteiger partial charge in [-0.3, -0.25) is 29.1 Å². The molecule has 2 aromatic carbocycles. The number of allylic oxidation sites excluding steroid dienone is 2. The van der Waals surface area contributed by atoms with Crippen LogP contribution in [0.25, 0.3) is 34.4 Å². The first-order valence-electron chi connectivity index (χ1n) is 22.0. The minimum Gasteiger partial charge on any atom is -0.480 e. The van der Waals surface area contributed by atoms with Gasteiger partial charge in [0.2, 0.25) is 0 Å². The van der Waals surface area contributed by atoms with Crippen LogP contribution in [0.1, 0.15) is 83.8 Å². The molecule has 2 aromatic heterocycles. The summed E-state index contributed by atoms with van der Waals surface area (Å²) in [4.78, 5) is 59.4. The number of carboxylic acid groups (broad SMARTS) is 1. The Labute approximate surface area is 374 Å². The van der Waals surface area contributed by atoms with Crippen LogP contribution < -0.4 is 0 Å². The molecule has 64 heavy (non-hydrogen) atoms. The van der Waals surface area contributed by atoms with E-state index in [1.807, 2.05) is 92.7 Å². The van der Waals surface area contributed by atoms with Crippen LogP contribution in [0.2, 0.25) is 0 Å². The summed E-state index contributed by atoms with van der Waals surface area (Å²) < 4.78 is 11.0. The van der Waals surface area contributed by atoms with Crippen LogP contribution in [-0.2, 0) is 28.7 Å². The molecule has 4 fully saturated rings. The van der Waals surface area contributed by atoms with E-state index < -0.39 is 34.8 Å². The summed E-state index contributed by atoms with van der Waals surface area (Å²) in [7, 11) is 0. The van der Waals surface area contributed by atoms with Crippen molar-refractivity contribution in [1.29, 1.82) is 10.5 Å². The van der Waals surface area contributed by atoms with E-state index in [9.17, 15) is 34.8 Å². The molecule has 2 aliphatic heterocycles. The van der Waals surface area contributed by atoms with E-state index in [1.54, 1.807) is 31.5 Å². The third-order valence-corrected chi connectivity index (χ3v) is 14.9. The Morgan fingerprint density at radius 2 is 1.06 bits per heavy atom. The van der Waals surface area contributed by atoms with Crippen LogP contribution in [0.4, 0.5) is 0 Å². The molecule has 1 N–H and O–H groups in total. The van der Waals surface area contributed by atoms with E-state index in [2.05, 4.69) is 49.0 Å². The van der Waals surface area contributed by atoms with E-state index in [0.29, 0.717) is 29.9 Å². The number of esters is 2. The first kappa shape index (κ1) is 45.3. The van der Waals surface area contributed by atoms with Gasteiger partial charge in [-0.2, -0.15) is 10.5 Å². The van der Waals surface area contributed by atoms with Crippen molar-refractivity contribution in [2.24, 2.45) is 58.2 Å². The van der Waals surface area contributed by atoms with Crippen LogP contribution in [0.15, 0.2) is 97.3 Å². The quantitative estimate of drug-likeness (QED) is 0.132. The minimum absolute atomic E-state index is 0.0323. The second-order valence-corrected chi connectivity index (χ2v) is 18.3. The van der Waals surface area contributed by atoms with E-state index >= 15 is 0 Å². The van der Waals surface area contributed by atoms with Crippen LogP contribution in [0.3, 0.4) is 0 Å². The number of nitriles is 2. The standard InChI is InChI=1S/C27H28N2O3.C26H26N2O4/c1-16-13-27(19(4)30)25(18(3)32-26(27)31)23(17(16)2)12-11-22-10-9-21(15-29-22)24-8-6-5-7-20(24)14-28;1-15-12-26(24(29)30)23(17(3)32-25(26)31)21(16(15)2)11-10-20-9-8-19(14-28-20)22-7-5-4-6-18(22)13-27/h5-12,15-18,23,25H,13H2,1-4H3;4-11,14-17,21,23H,12H2,1-3H3,(H,29,30)/b12-11+;11-10+/t16-,17+,18+,23-,25-,27-;15-,16+,17+,21-,23-,26+/m00/s1. The summed E-state index contributed by atoms with van der Waals surface area (Å²) in [5.74, 6) is -2.05. The Morgan fingerprint density at radius 1 is 0.656 bits per heavy atom. The van der Waals surface area contributed by atoms with Crippen molar-refractivity contribution in [2.75, 3.05) is 0 Å². The number of carbonyl (C=O) groups excluding carboxylic acids is 3. The third kappa shape index (κ3) is 7.93. The molecule has 8 rings (SSSR count). The zero-order chi connectivity index (χ0) is 46.1. The van der Waals surface area contributed by atoms with Gasteiger partial charge in [0.15, 0.2) is 5.41 Å². The number of cyclic esters (lactones) is 2. The number of carboxylic acids is 1. The van der Waals surface area contributed by atoms with Gasteiger partial charge < -0.3 is 14.6 Å². The highest BCUT2D eigenvalue weighted by molar-refractivity contribution is 6.05. The topological polar surface area (TPSA) is 180 Å². The molecule has 0 radical (unpaired) electrons. The molecular weight excluding hydrogens is 805 g/mol. The third-order valence-electron chi connectivity index (χ3n) is 14.9. The van der Waals surface area contributed by atoms with Crippen LogP contribution >= 0.6 is 0 Å². The van der Waals surface area contributed by atoms with Gasteiger partial charge in [-0.25, -0.2) is 0 Å². The molecular formula is C53H54N4O7. The maximum Gasteiger partial charge on any atom is 0.324 e. The molecule has 2 saturated heterocycles. The number of Topliss-reactive ketones (excluding diaryl/α,β-unsaturated/α-hetero) is 1. The average Bonchev–Trinajstić information content (AvgIpc) is 3.71. The van der Waals surface area contributed by atoms with E-state index in [4.69, 9.17) is 9.47 Å². The summed E-state index contributed by atoms with van der Waals surface area (Å²) in [6.07, 6.45) is 11.6. The summed E-state index contributed by atoms with van der Waals surface area (Å²) in [5, 5.41) is 28.7. The maximum atomic E-state index is 12.8. The van der Waals surface area contributed by atoms with Crippen molar-refractivity contribution < 1.29 is 33.8 Å². The number of hydrogen-bond donors (Lipinski definition) is 1. The summed E-state index contributed by atoms with van der Waals surface area (Å²) in [5.41, 5.74) is 3.62. The average molecular weight is 859 g/mol. The van der Waals surface area contributed by atoms with Crippen molar-refractivity contribution >= 4 is 35.8 Å². The second-order valence-electron chi connectivity index (χ2n) is 18.3. The molecule has 0 bridgehead atoms. The number of aromatic nitrogens is 2. The lowest BCUT2D eigenvalue weighted by atomic mass is 9.53. The number of fused-ring (bicyclic) bond motifs is 2. The van der Waals surface area contributed by atoms with E-state index in [0.717, 1.165) is 33.6 Å². The van der Waals surface area contributed by atoms with Gasteiger partial charge in [0.1, 0.15) is 23.4 Å². The lowest BCUT2D eigenvalue weighted by Gasteiger charge is -2.46. The highest BCUT2D eigenvalue weighted by Gasteiger charge is 2.67. The minimum atomic E-state index is -1.49. The largest absolute Gasteiger partial charge is 0.480 e. The monoisotopic (exact) mass is 858 g/mol. The number of rotatable bonds is 8. The van der Waals surface area contributed by atoms with Crippen molar-refractivity contribution in [3.63, 3.8) is 0 Å². The Hall–Kier alpha value is -6.72. The highest BCUT2D eigenvalue weighted by Crippen LogP contribution is 2.58. The van der Waals surface area contributed by atoms with Gasteiger partial charge in [0.25, 0.3) is 0 Å². The molecule has 0 spiro atoms. The number of ether oxygens (including phenoxy) is 2. The molecule has 12 atom stereocenters. The Bertz CT molecular complexity index is 2410. The number of hydrogen-bond acceptors (Lipinski definition) is 10. The summed E-state index contributed by atoms with van der Waals surface area (Å²) in [6.45, 7) is 13.6. The highest BCUT2D eigenvalue weighted by atomic mass is 16.6. The fourth-order valence-electron chi connectivity index (χ4n) is 11.1. The predicted octanol–water partition coefficient (Wildman–Crippen LogP) is 9.62. The lowest BCUT2D eigenvalue weighted by molar-refractivity contribution is -0.167. The predicted molar refractivity (Wildman–Crippen MR) is 241 cm³/mol. The molecule has 2 saturated carbocycles.